The van der Waals surface area contributed by atoms with E-state index in [1.165, 1.54) is 12.8 Å². The van der Waals surface area contributed by atoms with Crippen LogP contribution in [0.2, 0.25) is 0 Å². The minimum atomic E-state index is -0.0125. The van der Waals surface area contributed by atoms with Crippen LogP contribution in [0.4, 0.5) is 5.69 Å². The van der Waals surface area contributed by atoms with Crippen molar-refractivity contribution in [3.05, 3.63) is 24.3 Å². The van der Waals surface area contributed by atoms with E-state index in [1.807, 2.05) is 31.2 Å². The van der Waals surface area contributed by atoms with Crippen LogP contribution in [0.25, 0.3) is 0 Å². The van der Waals surface area contributed by atoms with E-state index in [2.05, 4.69) is 15.1 Å². The van der Waals surface area contributed by atoms with Crippen molar-refractivity contribution in [2.45, 2.75) is 45.4 Å². The Balaban J connectivity index is 1.40. The maximum Gasteiger partial charge on any atom is 0.238 e. The number of carbonyl (C=O) groups excluding carboxylic acids is 2. The Kier molecular flexibility index (Phi) is 7.71. The van der Waals surface area contributed by atoms with Crippen LogP contribution < -0.4 is 10.1 Å². The molecule has 2 saturated heterocycles. The number of rotatable bonds is 6. The van der Waals surface area contributed by atoms with Crippen molar-refractivity contribution in [1.29, 1.82) is 0 Å². The Hall–Kier alpha value is -2.08. The average molecular weight is 388 g/mol. The van der Waals surface area contributed by atoms with E-state index in [-0.39, 0.29) is 11.8 Å². The van der Waals surface area contributed by atoms with Gasteiger partial charge in [0.25, 0.3) is 0 Å². The molecule has 0 saturated carbocycles. The Morgan fingerprint density at radius 1 is 1.00 bits per heavy atom. The highest BCUT2D eigenvalue weighted by Gasteiger charge is 2.29. The third kappa shape index (κ3) is 5.96. The lowest BCUT2D eigenvalue weighted by molar-refractivity contribution is -0.137. The maximum atomic E-state index is 12.8. The van der Waals surface area contributed by atoms with Crippen molar-refractivity contribution in [3.63, 3.8) is 0 Å². The molecule has 6 heteroatoms. The Morgan fingerprint density at radius 3 is 2.25 bits per heavy atom. The lowest BCUT2D eigenvalue weighted by Crippen LogP contribution is -2.44. The van der Waals surface area contributed by atoms with Gasteiger partial charge in [-0.2, -0.15) is 0 Å². The average Bonchev–Trinajstić information content (AvgIpc) is 2.99. The number of amides is 2. The van der Waals surface area contributed by atoms with Crippen molar-refractivity contribution in [2.75, 3.05) is 44.6 Å². The standard InChI is InChI=1S/C22H33N3O3/c1-2-28-20-9-7-19(8-10-20)23-21(26)17-24-15-11-18(12-16-24)22(27)25-13-5-3-4-6-14-25/h7-10,18H,2-6,11-17H2,1H3,(H,23,26). The molecule has 2 fully saturated rings. The maximum absolute atomic E-state index is 12.8. The number of carbonyl (C=O) groups is 2. The number of benzene rings is 1. The van der Waals surface area contributed by atoms with Crippen LogP contribution >= 0.6 is 0 Å². The molecule has 28 heavy (non-hydrogen) atoms. The molecule has 1 aromatic rings. The first-order chi connectivity index (χ1) is 13.7. The van der Waals surface area contributed by atoms with E-state index in [0.717, 1.165) is 63.3 Å². The summed E-state index contributed by atoms with van der Waals surface area (Å²) in [5.41, 5.74) is 0.777. The van der Waals surface area contributed by atoms with E-state index < -0.39 is 0 Å². The molecule has 154 valence electrons. The Morgan fingerprint density at radius 2 is 1.64 bits per heavy atom. The fourth-order valence-electron chi connectivity index (χ4n) is 4.09. The van der Waals surface area contributed by atoms with Gasteiger partial charge in [0.05, 0.1) is 13.2 Å². The molecule has 0 unspecified atom stereocenters. The van der Waals surface area contributed by atoms with Crippen LogP contribution in [-0.2, 0) is 9.59 Å². The van der Waals surface area contributed by atoms with E-state index in [9.17, 15) is 9.59 Å². The summed E-state index contributed by atoms with van der Waals surface area (Å²) in [4.78, 5) is 29.3. The third-order valence-electron chi connectivity index (χ3n) is 5.67. The lowest BCUT2D eigenvalue weighted by atomic mass is 9.95. The molecule has 2 amide bonds. The van der Waals surface area contributed by atoms with E-state index in [0.29, 0.717) is 19.1 Å². The quantitative estimate of drug-likeness (QED) is 0.815. The zero-order chi connectivity index (χ0) is 19.8. The molecule has 6 nitrogen and oxygen atoms in total. The Bertz CT molecular complexity index is 631. The molecule has 0 spiro atoms. The second-order valence-corrected chi connectivity index (χ2v) is 7.80. The van der Waals surface area contributed by atoms with Gasteiger partial charge in [0.2, 0.25) is 11.8 Å². The van der Waals surface area contributed by atoms with Crippen LogP contribution in [0.5, 0.6) is 5.75 Å². The van der Waals surface area contributed by atoms with Crippen LogP contribution in [0.1, 0.15) is 45.4 Å². The number of hydrogen-bond acceptors (Lipinski definition) is 4. The summed E-state index contributed by atoms with van der Waals surface area (Å²) in [6.07, 6.45) is 6.46. The van der Waals surface area contributed by atoms with Crippen LogP contribution in [0.15, 0.2) is 24.3 Å². The van der Waals surface area contributed by atoms with Gasteiger partial charge < -0.3 is 15.0 Å². The molecule has 2 heterocycles. The van der Waals surface area contributed by atoms with Crippen LogP contribution in [-0.4, -0.2) is 60.9 Å². The summed E-state index contributed by atoms with van der Waals surface area (Å²) in [5, 5.41) is 2.94. The topological polar surface area (TPSA) is 61.9 Å². The lowest BCUT2D eigenvalue weighted by Gasteiger charge is -2.33. The highest BCUT2D eigenvalue weighted by molar-refractivity contribution is 5.92. The van der Waals surface area contributed by atoms with Gasteiger partial charge in [-0.1, -0.05) is 12.8 Å². The minimum Gasteiger partial charge on any atom is -0.494 e. The van der Waals surface area contributed by atoms with Gasteiger partial charge in [-0.05, 0) is 70.0 Å². The molecule has 0 atom stereocenters. The fraction of sp³-hybridized carbons (Fsp3) is 0.636. The molecule has 1 N–H and O–H groups in total. The molecule has 0 aromatic heterocycles. The van der Waals surface area contributed by atoms with Gasteiger partial charge in [-0.3, -0.25) is 14.5 Å². The highest BCUT2D eigenvalue weighted by atomic mass is 16.5. The van der Waals surface area contributed by atoms with E-state index in [1.54, 1.807) is 0 Å². The molecule has 0 aliphatic carbocycles. The number of nitrogens with zero attached hydrogens (tertiary/aromatic N) is 2. The number of piperidine rings is 1. The number of likely N-dealkylation sites (tertiary alicyclic amines) is 2. The second kappa shape index (κ2) is 10.5. The molecule has 2 aliphatic heterocycles. The number of anilines is 1. The van der Waals surface area contributed by atoms with Gasteiger partial charge in [-0.25, -0.2) is 0 Å². The number of hydrogen-bond donors (Lipinski definition) is 1. The van der Waals surface area contributed by atoms with E-state index >= 15 is 0 Å². The van der Waals surface area contributed by atoms with Crippen molar-refractivity contribution in [2.24, 2.45) is 5.92 Å². The predicted octanol–water partition coefficient (Wildman–Crippen LogP) is 3.14. The zero-order valence-electron chi connectivity index (χ0n) is 17.0. The highest BCUT2D eigenvalue weighted by Crippen LogP contribution is 2.22. The minimum absolute atomic E-state index is 0.0125. The van der Waals surface area contributed by atoms with Crippen molar-refractivity contribution >= 4 is 17.5 Å². The largest absolute Gasteiger partial charge is 0.494 e. The molecule has 0 bridgehead atoms. The molecular formula is C22H33N3O3. The van der Waals surface area contributed by atoms with Gasteiger partial charge in [0, 0.05) is 24.7 Å². The first-order valence-electron chi connectivity index (χ1n) is 10.7. The first-order valence-corrected chi connectivity index (χ1v) is 10.7. The summed E-state index contributed by atoms with van der Waals surface area (Å²) >= 11 is 0. The molecule has 3 rings (SSSR count). The monoisotopic (exact) mass is 387 g/mol. The zero-order valence-corrected chi connectivity index (χ0v) is 17.0. The summed E-state index contributed by atoms with van der Waals surface area (Å²) in [7, 11) is 0. The molecule has 0 radical (unpaired) electrons. The summed E-state index contributed by atoms with van der Waals surface area (Å²) < 4.78 is 5.42. The van der Waals surface area contributed by atoms with Gasteiger partial charge in [0.1, 0.15) is 5.75 Å². The first kappa shape index (κ1) is 20.6. The van der Waals surface area contributed by atoms with Crippen LogP contribution in [0, 0.1) is 5.92 Å². The van der Waals surface area contributed by atoms with Crippen molar-refractivity contribution in [1.82, 2.24) is 9.80 Å². The summed E-state index contributed by atoms with van der Waals surface area (Å²) in [5.74, 6) is 1.25. The summed E-state index contributed by atoms with van der Waals surface area (Å²) in [6.45, 7) is 6.40. The molecule has 1 aromatic carbocycles. The van der Waals surface area contributed by atoms with E-state index in [4.69, 9.17) is 4.74 Å². The normalized spacial score (nSPS) is 19.1. The third-order valence-corrected chi connectivity index (χ3v) is 5.67. The molecular weight excluding hydrogens is 354 g/mol. The SMILES string of the molecule is CCOc1ccc(NC(=O)CN2CCC(C(=O)N3CCCCCC3)CC2)cc1. The van der Waals surface area contributed by atoms with Crippen LogP contribution in [0.3, 0.4) is 0 Å². The number of nitrogens with one attached hydrogen (secondary N) is 1. The Labute approximate surface area is 168 Å². The van der Waals surface area contributed by atoms with Gasteiger partial charge in [0.15, 0.2) is 0 Å². The number of ether oxygens (including phenoxy) is 1. The summed E-state index contributed by atoms with van der Waals surface area (Å²) in [6, 6.07) is 7.43. The van der Waals surface area contributed by atoms with Crippen molar-refractivity contribution in [3.8, 4) is 5.75 Å². The fourth-order valence-corrected chi connectivity index (χ4v) is 4.09. The van der Waals surface area contributed by atoms with Crippen molar-refractivity contribution < 1.29 is 14.3 Å². The predicted molar refractivity (Wildman–Crippen MR) is 110 cm³/mol. The van der Waals surface area contributed by atoms with Gasteiger partial charge in [-0.15, -0.1) is 0 Å². The molecule has 2 aliphatic rings. The smallest absolute Gasteiger partial charge is 0.238 e. The van der Waals surface area contributed by atoms with Gasteiger partial charge >= 0.3 is 0 Å². The second-order valence-electron chi connectivity index (χ2n) is 7.80.